The minimum atomic E-state index is -0.924. The fourth-order valence-electron chi connectivity index (χ4n) is 2.88. The zero-order chi connectivity index (χ0) is 21.0. The predicted molar refractivity (Wildman–Crippen MR) is 104 cm³/mol. The van der Waals surface area contributed by atoms with Crippen LogP contribution in [-0.2, 0) is 11.3 Å². The summed E-state index contributed by atoms with van der Waals surface area (Å²) < 4.78 is 11.7. The first-order valence-electron chi connectivity index (χ1n) is 8.86. The Bertz CT molecular complexity index is 1000. The molecule has 1 atom stereocenters. The highest BCUT2D eigenvalue weighted by Gasteiger charge is 2.28. The van der Waals surface area contributed by atoms with E-state index in [0.717, 1.165) is 15.7 Å². The number of ketones is 1. The largest absolute Gasteiger partial charge is 0.494 e. The van der Waals surface area contributed by atoms with E-state index >= 15 is 0 Å². The van der Waals surface area contributed by atoms with E-state index in [2.05, 4.69) is 0 Å². The maximum Gasteiger partial charge on any atom is 0.271 e. The second-order valence-corrected chi connectivity index (χ2v) is 6.63. The molecule has 2 aromatic rings. The van der Waals surface area contributed by atoms with Crippen molar-refractivity contribution in [1.29, 1.82) is 5.26 Å². The van der Waals surface area contributed by atoms with Crippen LogP contribution in [0.25, 0.3) is 0 Å². The molecule has 1 N–H and O–H groups in total. The predicted octanol–water partition coefficient (Wildman–Crippen LogP) is 2.65. The Morgan fingerprint density at radius 3 is 2.54 bits per heavy atom. The summed E-state index contributed by atoms with van der Waals surface area (Å²) in [6.45, 7) is 7.10. The Labute approximate surface area is 163 Å². The van der Waals surface area contributed by atoms with Gasteiger partial charge in [0, 0.05) is 7.11 Å². The number of hydrogen-bond donors (Lipinski definition) is 1. The number of aromatic hydroxyl groups is 1. The van der Waals surface area contributed by atoms with Gasteiger partial charge in [0.25, 0.3) is 5.56 Å². The lowest BCUT2D eigenvalue weighted by Gasteiger charge is -2.19. The number of rotatable bonds is 7. The summed E-state index contributed by atoms with van der Waals surface area (Å²) in [5.41, 5.74) is 1.33. The van der Waals surface area contributed by atoms with Gasteiger partial charge in [-0.3, -0.25) is 14.2 Å². The number of aryl methyl sites for hydroxylation is 2. The van der Waals surface area contributed by atoms with Crippen LogP contribution < -0.4 is 10.3 Å². The minimum Gasteiger partial charge on any atom is -0.494 e. The van der Waals surface area contributed by atoms with E-state index in [-0.39, 0.29) is 29.8 Å². The molecule has 0 amide bonds. The van der Waals surface area contributed by atoms with E-state index in [1.807, 2.05) is 32.0 Å². The van der Waals surface area contributed by atoms with Crippen LogP contribution >= 0.6 is 0 Å². The van der Waals surface area contributed by atoms with Crippen molar-refractivity contribution in [3.63, 3.8) is 0 Å². The van der Waals surface area contributed by atoms with Crippen LogP contribution in [0.15, 0.2) is 23.0 Å². The Balaban J connectivity index is 2.47. The van der Waals surface area contributed by atoms with Crippen molar-refractivity contribution in [1.82, 2.24) is 4.57 Å². The third-order valence-electron chi connectivity index (χ3n) is 4.73. The lowest BCUT2D eigenvalue weighted by atomic mass is 9.99. The molecule has 28 heavy (non-hydrogen) atoms. The van der Waals surface area contributed by atoms with Gasteiger partial charge in [0.2, 0.25) is 11.7 Å². The number of nitrogens with zero attached hydrogens (tertiary/aromatic N) is 2. The number of Topliss-reactive ketones (excluding diaryl/α,β-unsaturated/α-hetero) is 1. The molecule has 0 aliphatic rings. The van der Waals surface area contributed by atoms with E-state index < -0.39 is 23.3 Å². The summed E-state index contributed by atoms with van der Waals surface area (Å²) in [6.07, 6.45) is -0.924. The number of methoxy groups -OCH3 is 1. The highest BCUT2D eigenvalue weighted by molar-refractivity contribution is 6.03. The average molecular weight is 384 g/mol. The molecule has 7 nitrogen and oxygen atoms in total. The summed E-state index contributed by atoms with van der Waals surface area (Å²) >= 11 is 0. The van der Waals surface area contributed by atoms with E-state index in [1.54, 1.807) is 13.0 Å². The fourth-order valence-corrected chi connectivity index (χ4v) is 2.88. The number of pyridine rings is 1. The quantitative estimate of drug-likeness (QED) is 0.737. The number of aromatic nitrogens is 1. The van der Waals surface area contributed by atoms with Crippen LogP contribution in [0.3, 0.4) is 0 Å². The van der Waals surface area contributed by atoms with Gasteiger partial charge < -0.3 is 14.6 Å². The van der Waals surface area contributed by atoms with Gasteiger partial charge in [0.15, 0.2) is 6.10 Å². The first-order valence-corrected chi connectivity index (χ1v) is 8.86. The SMILES string of the molecule is COCCn1c(O)c(C(=O)C(C)Oc2ccc(C)c(C)c2)c(C)c(C#N)c1=O. The molecule has 148 valence electrons. The van der Waals surface area contributed by atoms with Gasteiger partial charge in [0.05, 0.1) is 18.7 Å². The monoisotopic (exact) mass is 384 g/mol. The molecule has 0 aliphatic carbocycles. The first kappa shape index (κ1) is 21.2. The molecular formula is C21H24N2O5. The van der Waals surface area contributed by atoms with E-state index in [4.69, 9.17) is 9.47 Å². The molecule has 0 fully saturated rings. The summed E-state index contributed by atoms with van der Waals surface area (Å²) in [7, 11) is 1.45. The molecular weight excluding hydrogens is 360 g/mol. The molecule has 0 spiro atoms. The summed E-state index contributed by atoms with van der Waals surface area (Å²) in [4.78, 5) is 25.4. The zero-order valence-electron chi connectivity index (χ0n) is 16.7. The molecule has 0 saturated heterocycles. The van der Waals surface area contributed by atoms with Crippen LogP contribution in [0.4, 0.5) is 0 Å². The molecule has 0 bridgehead atoms. The summed E-state index contributed by atoms with van der Waals surface area (Å²) in [6, 6.07) is 7.31. The molecule has 0 saturated carbocycles. The van der Waals surface area contributed by atoms with Gasteiger partial charge in [-0.15, -0.1) is 0 Å². The van der Waals surface area contributed by atoms with Gasteiger partial charge >= 0.3 is 0 Å². The van der Waals surface area contributed by atoms with Crippen LogP contribution in [0.5, 0.6) is 11.6 Å². The highest BCUT2D eigenvalue weighted by atomic mass is 16.5. The van der Waals surface area contributed by atoms with Crippen LogP contribution in [0.2, 0.25) is 0 Å². The van der Waals surface area contributed by atoms with E-state index in [1.165, 1.54) is 14.0 Å². The third kappa shape index (κ3) is 4.07. The standard InChI is InChI=1S/C21H24N2O5/c1-12-6-7-16(10-13(12)2)28-15(4)19(24)18-14(3)17(11-22)20(25)23(21(18)26)8-9-27-5/h6-7,10,15,26H,8-9H2,1-5H3. The zero-order valence-corrected chi connectivity index (χ0v) is 16.7. The van der Waals surface area contributed by atoms with Gasteiger partial charge in [-0.05, 0) is 56.5 Å². The second-order valence-electron chi connectivity index (χ2n) is 6.63. The Morgan fingerprint density at radius 1 is 1.29 bits per heavy atom. The van der Waals surface area contributed by atoms with Crippen molar-refractivity contribution in [3.8, 4) is 17.7 Å². The van der Waals surface area contributed by atoms with Crippen molar-refractivity contribution < 1.29 is 19.4 Å². The Kier molecular flexibility index (Phi) is 6.60. The first-order chi connectivity index (χ1) is 13.2. The van der Waals surface area contributed by atoms with Crippen molar-refractivity contribution in [3.05, 3.63) is 56.4 Å². The molecule has 7 heteroatoms. The molecule has 1 aromatic heterocycles. The maximum absolute atomic E-state index is 13.0. The maximum atomic E-state index is 13.0. The number of benzene rings is 1. The lowest BCUT2D eigenvalue weighted by molar-refractivity contribution is 0.0812. The number of carbonyl (C=O) groups is 1. The summed E-state index contributed by atoms with van der Waals surface area (Å²) in [5, 5.41) is 19.9. The summed E-state index contributed by atoms with van der Waals surface area (Å²) in [5.74, 6) is -0.482. The molecule has 1 heterocycles. The third-order valence-corrected chi connectivity index (χ3v) is 4.73. The van der Waals surface area contributed by atoms with Gasteiger partial charge in [-0.1, -0.05) is 6.07 Å². The van der Waals surface area contributed by atoms with Crippen molar-refractivity contribution in [2.75, 3.05) is 13.7 Å². The average Bonchev–Trinajstić information content (AvgIpc) is 2.65. The topological polar surface area (TPSA) is 102 Å². The van der Waals surface area contributed by atoms with Gasteiger partial charge in [-0.2, -0.15) is 5.26 Å². The van der Waals surface area contributed by atoms with Crippen molar-refractivity contribution in [2.45, 2.75) is 40.3 Å². The van der Waals surface area contributed by atoms with Crippen LogP contribution in [-0.4, -0.2) is 35.3 Å². The number of nitriles is 1. The van der Waals surface area contributed by atoms with Gasteiger partial charge in [-0.25, -0.2) is 0 Å². The molecule has 2 rings (SSSR count). The van der Waals surface area contributed by atoms with Crippen molar-refractivity contribution >= 4 is 5.78 Å². The van der Waals surface area contributed by atoms with E-state index in [0.29, 0.717) is 5.75 Å². The van der Waals surface area contributed by atoms with Crippen LogP contribution in [0.1, 0.15) is 39.5 Å². The normalized spacial score (nSPS) is 11.7. The fraction of sp³-hybridized carbons (Fsp3) is 0.381. The molecule has 0 aliphatic heterocycles. The number of ether oxygens (including phenoxy) is 2. The highest BCUT2D eigenvalue weighted by Crippen LogP contribution is 2.25. The number of carbonyl (C=O) groups excluding carboxylic acids is 1. The Hall–Kier alpha value is -3.11. The molecule has 1 aromatic carbocycles. The lowest BCUT2D eigenvalue weighted by Crippen LogP contribution is -2.31. The second kappa shape index (κ2) is 8.72. The van der Waals surface area contributed by atoms with Crippen molar-refractivity contribution in [2.24, 2.45) is 0 Å². The molecule has 0 radical (unpaired) electrons. The molecule has 1 unspecified atom stereocenters. The van der Waals surface area contributed by atoms with Gasteiger partial charge in [0.1, 0.15) is 17.4 Å². The van der Waals surface area contributed by atoms with Crippen LogP contribution in [0, 0.1) is 32.1 Å². The minimum absolute atomic E-state index is 0.0167. The Morgan fingerprint density at radius 2 is 1.96 bits per heavy atom. The smallest absolute Gasteiger partial charge is 0.271 e. The number of hydrogen-bond acceptors (Lipinski definition) is 6. The van der Waals surface area contributed by atoms with E-state index in [9.17, 15) is 20.0 Å².